The smallest absolute Gasteiger partial charge is 0.239 e. The van der Waals surface area contributed by atoms with Gasteiger partial charge in [-0.15, -0.1) is 0 Å². The Hall–Kier alpha value is -2.20. The summed E-state index contributed by atoms with van der Waals surface area (Å²) in [6.07, 6.45) is 2.57. The van der Waals surface area contributed by atoms with E-state index in [9.17, 15) is 19.2 Å². The Morgan fingerprint density at radius 3 is 1.97 bits per heavy atom. The van der Waals surface area contributed by atoms with Crippen LogP contribution >= 0.6 is 0 Å². The van der Waals surface area contributed by atoms with Crippen LogP contribution in [0.1, 0.15) is 52.4 Å². The number of carbonyl (C=O) groups is 4. The van der Waals surface area contributed by atoms with Crippen LogP contribution in [0.15, 0.2) is 0 Å². The minimum absolute atomic E-state index is 0.0267. The van der Waals surface area contributed by atoms with Gasteiger partial charge < -0.3 is 32.3 Å². The molecule has 0 aliphatic rings. The number of hydrogen-bond donors (Lipinski definition) is 6. The standard InChI is InChI=1S/C19H38N6O4/c1-14(2)22-12-8-17(27)24-13-9-18(28)25-15(19(20)29)6-4-5-10-23-16(26)7-11-21-3/h14-15,21-22H,4-13H2,1-3H3,(H2,20,29)(H,23,26)(H,24,27)(H,25,28). The number of rotatable bonds is 17. The Balaban J connectivity index is 3.95. The highest BCUT2D eigenvalue weighted by molar-refractivity contribution is 5.86. The van der Waals surface area contributed by atoms with Crippen molar-refractivity contribution in [3.05, 3.63) is 0 Å². The first-order valence-electron chi connectivity index (χ1n) is 10.3. The summed E-state index contributed by atoms with van der Waals surface area (Å²) in [4.78, 5) is 46.6. The van der Waals surface area contributed by atoms with Crippen LogP contribution in [-0.4, -0.2) is 68.9 Å². The van der Waals surface area contributed by atoms with Crippen molar-refractivity contribution in [2.45, 2.75) is 64.5 Å². The molecule has 29 heavy (non-hydrogen) atoms. The van der Waals surface area contributed by atoms with Crippen LogP contribution in [0.4, 0.5) is 0 Å². The molecular weight excluding hydrogens is 376 g/mol. The van der Waals surface area contributed by atoms with Crippen molar-refractivity contribution in [3.63, 3.8) is 0 Å². The molecule has 0 heterocycles. The molecule has 1 atom stereocenters. The highest BCUT2D eigenvalue weighted by atomic mass is 16.2. The van der Waals surface area contributed by atoms with Gasteiger partial charge in [-0.3, -0.25) is 19.2 Å². The maximum atomic E-state index is 12.0. The molecule has 0 saturated heterocycles. The first kappa shape index (κ1) is 26.8. The molecule has 7 N–H and O–H groups in total. The Labute approximate surface area is 173 Å². The van der Waals surface area contributed by atoms with Crippen LogP contribution < -0.4 is 32.3 Å². The van der Waals surface area contributed by atoms with E-state index in [1.54, 1.807) is 7.05 Å². The topological polar surface area (TPSA) is 154 Å². The van der Waals surface area contributed by atoms with E-state index < -0.39 is 11.9 Å². The first-order valence-corrected chi connectivity index (χ1v) is 10.3. The normalized spacial score (nSPS) is 11.7. The van der Waals surface area contributed by atoms with Crippen molar-refractivity contribution in [2.24, 2.45) is 5.73 Å². The third-order valence-corrected chi connectivity index (χ3v) is 4.10. The van der Waals surface area contributed by atoms with Crippen molar-refractivity contribution < 1.29 is 19.2 Å². The molecule has 0 aromatic heterocycles. The van der Waals surface area contributed by atoms with E-state index in [-0.39, 0.29) is 30.7 Å². The monoisotopic (exact) mass is 414 g/mol. The molecule has 0 saturated carbocycles. The molecule has 10 heteroatoms. The average molecular weight is 415 g/mol. The maximum absolute atomic E-state index is 12.0. The summed E-state index contributed by atoms with van der Waals surface area (Å²) in [5, 5.41) is 14.1. The van der Waals surface area contributed by atoms with Crippen molar-refractivity contribution in [2.75, 3.05) is 33.2 Å². The minimum atomic E-state index is -0.756. The predicted octanol–water partition coefficient (Wildman–Crippen LogP) is -1.25. The zero-order valence-electron chi connectivity index (χ0n) is 17.9. The summed E-state index contributed by atoms with van der Waals surface area (Å²) < 4.78 is 0. The maximum Gasteiger partial charge on any atom is 0.239 e. The van der Waals surface area contributed by atoms with Gasteiger partial charge >= 0.3 is 0 Å². The molecule has 0 aliphatic heterocycles. The third kappa shape index (κ3) is 16.5. The van der Waals surface area contributed by atoms with Crippen LogP contribution in [0.3, 0.4) is 0 Å². The van der Waals surface area contributed by atoms with E-state index in [2.05, 4.69) is 26.6 Å². The lowest BCUT2D eigenvalue weighted by molar-refractivity contribution is -0.127. The SMILES string of the molecule is CNCCC(=O)NCCCCC(NC(=O)CCNC(=O)CCNC(C)C)C(N)=O. The molecule has 0 rings (SSSR count). The van der Waals surface area contributed by atoms with E-state index in [1.807, 2.05) is 13.8 Å². The van der Waals surface area contributed by atoms with Crippen molar-refractivity contribution in [1.29, 1.82) is 0 Å². The number of amides is 4. The third-order valence-electron chi connectivity index (χ3n) is 4.10. The largest absolute Gasteiger partial charge is 0.368 e. The molecule has 4 amide bonds. The van der Waals surface area contributed by atoms with Gasteiger partial charge in [0.05, 0.1) is 0 Å². The second-order valence-electron chi connectivity index (χ2n) is 7.18. The van der Waals surface area contributed by atoms with Gasteiger partial charge in [0.1, 0.15) is 6.04 Å². The molecule has 0 spiro atoms. The van der Waals surface area contributed by atoms with Crippen molar-refractivity contribution >= 4 is 23.6 Å². The lowest BCUT2D eigenvalue weighted by Crippen LogP contribution is -2.45. The van der Waals surface area contributed by atoms with E-state index in [0.717, 1.165) is 0 Å². The van der Waals surface area contributed by atoms with E-state index in [4.69, 9.17) is 5.73 Å². The zero-order chi connectivity index (χ0) is 22.1. The Kier molecular flexibility index (Phi) is 15.5. The van der Waals surface area contributed by atoms with E-state index in [1.165, 1.54) is 0 Å². The van der Waals surface area contributed by atoms with Crippen LogP contribution in [0.5, 0.6) is 0 Å². The van der Waals surface area contributed by atoms with Crippen molar-refractivity contribution in [1.82, 2.24) is 26.6 Å². The molecule has 0 aliphatic carbocycles. The van der Waals surface area contributed by atoms with Crippen LogP contribution in [0.25, 0.3) is 0 Å². The first-order chi connectivity index (χ1) is 13.8. The van der Waals surface area contributed by atoms with Gasteiger partial charge in [0.25, 0.3) is 0 Å². The molecule has 0 radical (unpaired) electrons. The Bertz CT molecular complexity index is 513. The predicted molar refractivity (Wildman–Crippen MR) is 112 cm³/mol. The molecule has 0 fully saturated rings. The minimum Gasteiger partial charge on any atom is -0.368 e. The summed E-state index contributed by atoms with van der Waals surface area (Å²) in [5.74, 6) is -1.09. The Morgan fingerprint density at radius 2 is 1.38 bits per heavy atom. The molecule has 0 aromatic rings. The van der Waals surface area contributed by atoms with Gasteiger partial charge in [0.2, 0.25) is 23.6 Å². The van der Waals surface area contributed by atoms with Gasteiger partial charge in [-0.25, -0.2) is 0 Å². The molecule has 168 valence electrons. The lowest BCUT2D eigenvalue weighted by Gasteiger charge is -2.16. The number of nitrogens with one attached hydrogen (secondary N) is 5. The summed E-state index contributed by atoms with van der Waals surface area (Å²) in [5.41, 5.74) is 5.35. The molecule has 10 nitrogen and oxygen atoms in total. The van der Waals surface area contributed by atoms with E-state index in [0.29, 0.717) is 57.8 Å². The summed E-state index contributed by atoms with van der Waals surface area (Å²) in [7, 11) is 1.78. The van der Waals surface area contributed by atoms with Crippen LogP contribution in [0.2, 0.25) is 0 Å². The fourth-order valence-corrected chi connectivity index (χ4v) is 2.46. The van der Waals surface area contributed by atoms with Crippen LogP contribution in [-0.2, 0) is 19.2 Å². The zero-order valence-corrected chi connectivity index (χ0v) is 17.9. The van der Waals surface area contributed by atoms with Gasteiger partial charge in [0.15, 0.2) is 0 Å². The average Bonchev–Trinajstić information content (AvgIpc) is 2.64. The van der Waals surface area contributed by atoms with Gasteiger partial charge in [-0.05, 0) is 26.3 Å². The number of nitrogens with two attached hydrogens (primary N) is 1. The van der Waals surface area contributed by atoms with Gasteiger partial charge in [0, 0.05) is 51.5 Å². The number of unbranched alkanes of at least 4 members (excludes halogenated alkanes) is 1. The molecule has 0 aromatic carbocycles. The quantitative estimate of drug-likeness (QED) is 0.163. The molecule has 0 bridgehead atoms. The number of primary amides is 1. The van der Waals surface area contributed by atoms with Crippen molar-refractivity contribution in [3.8, 4) is 0 Å². The summed E-state index contributed by atoms with van der Waals surface area (Å²) >= 11 is 0. The van der Waals surface area contributed by atoms with Crippen LogP contribution in [0, 0.1) is 0 Å². The second-order valence-corrected chi connectivity index (χ2v) is 7.18. The fraction of sp³-hybridized carbons (Fsp3) is 0.789. The molecule has 1 unspecified atom stereocenters. The fourth-order valence-electron chi connectivity index (χ4n) is 2.46. The van der Waals surface area contributed by atoms with E-state index >= 15 is 0 Å². The number of hydrogen-bond acceptors (Lipinski definition) is 6. The summed E-state index contributed by atoms with van der Waals surface area (Å²) in [6.45, 7) is 5.92. The number of carbonyl (C=O) groups excluding carboxylic acids is 4. The summed E-state index contributed by atoms with van der Waals surface area (Å²) in [6, 6.07) is -0.442. The Morgan fingerprint density at radius 1 is 0.793 bits per heavy atom. The lowest BCUT2D eigenvalue weighted by atomic mass is 10.1. The highest BCUT2D eigenvalue weighted by Crippen LogP contribution is 2.01. The highest BCUT2D eigenvalue weighted by Gasteiger charge is 2.17. The molecular formula is C19H38N6O4. The van der Waals surface area contributed by atoms with Gasteiger partial charge in [-0.2, -0.15) is 0 Å². The van der Waals surface area contributed by atoms with Gasteiger partial charge in [-0.1, -0.05) is 13.8 Å². The second kappa shape index (κ2) is 16.7.